The van der Waals surface area contributed by atoms with Crippen LogP contribution in [0.3, 0.4) is 0 Å². The summed E-state index contributed by atoms with van der Waals surface area (Å²) in [7, 11) is -1.65. The van der Waals surface area contributed by atoms with Gasteiger partial charge in [-0.3, -0.25) is 0 Å². The van der Waals surface area contributed by atoms with Gasteiger partial charge in [0.05, 0.1) is 30.0 Å². The first-order valence-electron chi connectivity index (χ1n) is 10.2. The van der Waals surface area contributed by atoms with E-state index in [0.29, 0.717) is 23.1 Å². The second-order valence-electron chi connectivity index (χ2n) is 7.55. The Morgan fingerprint density at radius 2 is 1.52 bits per heavy atom. The summed E-state index contributed by atoms with van der Waals surface area (Å²) in [6.45, 7) is 0.716. The smallest absolute Gasteiger partial charge is 0.175 e. The quantitative estimate of drug-likeness (QED) is 0.357. The molecule has 0 fully saturated rings. The molecule has 1 aromatic heterocycles. The van der Waals surface area contributed by atoms with Crippen molar-refractivity contribution >= 4 is 21.4 Å². The van der Waals surface area contributed by atoms with E-state index in [4.69, 9.17) is 26.1 Å². The van der Waals surface area contributed by atoms with Crippen molar-refractivity contribution in [2.75, 3.05) is 13.4 Å². The van der Waals surface area contributed by atoms with Gasteiger partial charge in [-0.1, -0.05) is 48.0 Å². The molecule has 1 N–H and O–H groups in total. The van der Waals surface area contributed by atoms with E-state index in [1.165, 1.54) is 6.26 Å². The predicted octanol–water partition coefficient (Wildman–Crippen LogP) is 5.53. The van der Waals surface area contributed by atoms with Crippen LogP contribution >= 0.6 is 11.6 Å². The number of imidazole rings is 1. The molecular formula is C25H23ClN2O4S. The van der Waals surface area contributed by atoms with Gasteiger partial charge in [-0.2, -0.15) is 0 Å². The Bertz CT molecular complexity index is 1330. The monoisotopic (exact) mass is 482 g/mol. The lowest BCUT2D eigenvalue weighted by Gasteiger charge is -2.05. The summed E-state index contributed by atoms with van der Waals surface area (Å²) in [6.07, 6.45) is 1.19. The lowest BCUT2D eigenvalue weighted by Crippen LogP contribution is -1.97. The van der Waals surface area contributed by atoms with E-state index >= 15 is 0 Å². The Morgan fingerprint density at radius 3 is 2.12 bits per heavy atom. The molecule has 4 aromatic rings. The first-order chi connectivity index (χ1) is 15.8. The van der Waals surface area contributed by atoms with Gasteiger partial charge in [0.2, 0.25) is 0 Å². The van der Waals surface area contributed by atoms with E-state index in [1.54, 1.807) is 31.4 Å². The van der Waals surface area contributed by atoms with Crippen molar-refractivity contribution in [3.63, 3.8) is 0 Å². The highest BCUT2D eigenvalue weighted by Crippen LogP contribution is 2.31. The van der Waals surface area contributed by atoms with Gasteiger partial charge in [0.15, 0.2) is 9.84 Å². The van der Waals surface area contributed by atoms with Gasteiger partial charge in [0.1, 0.15) is 18.2 Å². The number of sulfone groups is 1. The third-order valence-electron chi connectivity index (χ3n) is 5.11. The number of nitrogens with zero attached hydrogens (tertiary/aromatic N) is 1. The molecule has 0 spiro atoms. The number of benzene rings is 3. The van der Waals surface area contributed by atoms with E-state index in [1.807, 2.05) is 48.5 Å². The molecule has 0 atom stereocenters. The van der Waals surface area contributed by atoms with Crippen LogP contribution in [0.2, 0.25) is 5.02 Å². The van der Waals surface area contributed by atoms with Gasteiger partial charge in [-0.15, -0.1) is 0 Å². The van der Waals surface area contributed by atoms with E-state index in [0.717, 1.165) is 28.1 Å². The highest BCUT2D eigenvalue weighted by atomic mass is 35.5. The van der Waals surface area contributed by atoms with Crippen LogP contribution in [0.5, 0.6) is 5.75 Å². The Hall–Kier alpha value is -3.13. The minimum atomic E-state index is -3.28. The molecule has 0 unspecified atom stereocenters. The van der Waals surface area contributed by atoms with Crippen LogP contribution in [0.25, 0.3) is 22.5 Å². The highest BCUT2D eigenvalue weighted by molar-refractivity contribution is 7.90. The van der Waals surface area contributed by atoms with Gasteiger partial charge in [-0.25, -0.2) is 13.4 Å². The van der Waals surface area contributed by atoms with E-state index in [2.05, 4.69) is 4.98 Å². The maximum absolute atomic E-state index is 11.8. The Balaban J connectivity index is 1.60. The van der Waals surface area contributed by atoms with Crippen molar-refractivity contribution in [1.29, 1.82) is 0 Å². The molecule has 6 nitrogen and oxygen atoms in total. The molecular weight excluding hydrogens is 460 g/mol. The van der Waals surface area contributed by atoms with Crippen molar-refractivity contribution in [3.05, 3.63) is 89.2 Å². The number of rotatable bonds is 8. The maximum atomic E-state index is 11.8. The maximum Gasteiger partial charge on any atom is 0.175 e. The fourth-order valence-electron chi connectivity index (χ4n) is 3.37. The predicted molar refractivity (Wildman–Crippen MR) is 129 cm³/mol. The van der Waals surface area contributed by atoms with Crippen molar-refractivity contribution in [1.82, 2.24) is 9.97 Å². The number of ether oxygens (including phenoxy) is 2. The summed E-state index contributed by atoms with van der Waals surface area (Å²) in [5.41, 5.74) is 4.25. The molecule has 4 rings (SSSR count). The standard InChI is InChI=1S/C25H23ClN2O4S/c1-31-21-11-3-17(4-12-21)15-32-16-23-27-24(18-5-9-20(26)10-6-18)25(28-23)19-7-13-22(14-8-19)33(2,29)30/h3-14H,15-16H2,1-2H3,(H,27,28). The largest absolute Gasteiger partial charge is 0.497 e. The molecule has 0 radical (unpaired) electrons. The zero-order valence-corrected chi connectivity index (χ0v) is 19.8. The van der Waals surface area contributed by atoms with Crippen LogP contribution < -0.4 is 4.74 Å². The SMILES string of the molecule is COc1ccc(COCc2nc(-c3ccc(S(C)(=O)=O)cc3)c(-c3ccc(Cl)cc3)[nH]2)cc1. The van der Waals surface area contributed by atoms with Crippen LogP contribution in [0.1, 0.15) is 11.4 Å². The number of nitrogens with one attached hydrogen (secondary N) is 1. The summed E-state index contributed by atoms with van der Waals surface area (Å²) in [5, 5.41) is 0.639. The van der Waals surface area contributed by atoms with E-state index in [-0.39, 0.29) is 11.5 Å². The summed E-state index contributed by atoms with van der Waals surface area (Å²) >= 11 is 6.06. The number of aromatic nitrogens is 2. The first-order valence-corrected chi connectivity index (χ1v) is 12.5. The lowest BCUT2D eigenvalue weighted by atomic mass is 10.1. The summed E-state index contributed by atoms with van der Waals surface area (Å²) in [5.74, 6) is 1.46. The van der Waals surface area contributed by atoms with Gasteiger partial charge >= 0.3 is 0 Å². The Morgan fingerprint density at radius 1 is 0.879 bits per heavy atom. The van der Waals surface area contributed by atoms with Crippen LogP contribution in [0, 0.1) is 0 Å². The van der Waals surface area contributed by atoms with Crippen LogP contribution in [-0.4, -0.2) is 31.8 Å². The second-order valence-corrected chi connectivity index (χ2v) is 10.0. The average Bonchev–Trinajstić information content (AvgIpc) is 3.24. The Labute approximate surface area is 198 Å². The second kappa shape index (κ2) is 9.79. The lowest BCUT2D eigenvalue weighted by molar-refractivity contribution is 0.102. The molecule has 0 amide bonds. The third kappa shape index (κ3) is 5.63. The summed E-state index contributed by atoms with van der Waals surface area (Å²) < 4.78 is 34.7. The molecule has 170 valence electrons. The third-order valence-corrected chi connectivity index (χ3v) is 6.49. The highest BCUT2D eigenvalue weighted by Gasteiger charge is 2.16. The van der Waals surface area contributed by atoms with Crippen LogP contribution in [0.4, 0.5) is 0 Å². The minimum Gasteiger partial charge on any atom is -0.497 e. The molecule has 1 heterocycles. The van der Waals surface area contributed by atoms with E-state index in [9.17, 15) is 8.42 Å². The number of halogens is 1. The van der Waals surface area contributed by atoms with Crippen LogP contribution in [-0.2, 0) is 27.8 Å². The molecule has 0 saturated carbocycles. The molecule has 0 saturated heterocycles. The topological polar surface area (TPSA) is 81.3 Å². The number of methoxy groups -OCH3 is 1. The molecule has 0 aliphatic carbocycles. The number of hydrogen-bond acceptors (Lipinski definition) is 5. The van der Waals surface area contributed by atoms with Crippen molar-refractivity contribution in [3.8, 4) is 28.3 Å². The molecule has 0 aliphatic rings. The number of aromatic amines is 1. The van der Waals surface area contributed by atoms with Gasteiger partial charge in [0, 0.05) is 22.4 Å². The molecule has 0 aliphatic heterocycles. The number of H-pyrrole nitrogens is 1. The fourth-order valence-corrected chi connectivity index (χ4v) is 4.13. The Kier molecular flexibility index (Phi) is 6.83. The molecule has 8 heteroatoms. The van der Waals surface area contributed by atoms with Crippen molar-refractivity contribution in [2.45, 2.75) is 18.1 Å². The molecule has 3 aromatic carbocycles. The van der Waals surface area contributed by atoms with Gasteiger partial charge < -0.3 is 14.5 Å². The average molecular weight is 483 g/mol. The zero-order valence-electron chi connectivity index (χ0n) is 18.2. The van der Waals surface area contributed by atoms with Crippen molar-refractivity contribution in [2.24, 2.45) is 0 Å². The van der Waals surface area contributed by atoms with E-state index < -0.39 is 9.84 Å². The molecule has 0 bridgehead atoms. The minimum absolute atomic E-state index is 0.262. The summed E-state index contributed by atoms with van der Waals surface area (Å²) in [4.78, 5) is 8.36. The fraction of sp³-hybridized carbons (Fsp3) is 0.160. The van der Waals surface area contributed by atoms with Gasteiger partial charge in [-0.05, 0) is 42.0 Å². The first kappa shape index (κ1) is 23.0. The molecule has 33 heavy (non-hydrogen) atoms. The van der Waals surface area contributed by atoms with Crippen molar-refractivity contribution < 1.29 is 17.9 Å². The van der Waals surface area contributed by atoms with Gasteiger partial charge in [0.25, 0.3) is 0 Å². The normalized spacial score (nSPS) is 11.5. The number of hydrogen-bond donors (Lipinski definition) is 1. The van der Waals surface area contributed by atoms with Crippen LogP contribution in [0.15, 0.2) is 77.7 Å². The zero-order chi connectivity index (χ0) is 23.4. The summed E-state index contributed by atoms with van der Waals surface area (Å²) in [6, 6.07) is 21.8.